The monoisotopic (exact) mass is 310 g/mol. The fourth-order valence-electron chi connectivity index (χ4n) is 2.40. The van der Waals surface area contributed by atoms with E-state index in [1.54, 1.807) is 12.1 Å². The Balaban J connectivity index is 1.68. The van der Waals surface area contributed by atoms with Gasteiger partial charge in [-0.1, -0.05) is 26.0 Å². The van der Waals surface area contributed by atoms with Crippen LogP contribution in [0.15, 0.2) is 24.3 Å². The summed E-state index contributed by atoms with van der Waals surface area (Å²) in [5, 5.41) is 5.21. The van der Waals surface area contributed by atoms with Crippen LogP contribution >= 0.6 is 0 Å². The highest BCUT2D eigenvalue weighted by molar-refractivity contribution is 5.89. The molecule has 2 amide bonds. The van der Waals surface area contributed by atoms with Gasteiger partial charge in [-0.3, -0.25) is 0 Å². The first-order valence-electron chi connectivity index (χ1n) is 7.51. The minimum absolute atomic E-state index is 0.0970. The van der Waals surface area contributed by atoms with Gasteiger partial charge >= 0.3 is 6.03 Å². The Morgan fingerprint density at radius 2 is 2.00 bits per heavy atom. The molecule has 1 fully saturated rings. The predicted octanol–water partition coefficient (Wildman–Crippen LogP) is 3.13. The standard InChI is InChI=1S/C16H23FN2O3/c1-16(2,14-21-10-11-22-14)8-5-9-18-15(20)19-13-7-4-3-6-12(13)17/h3-4,6-7,14H,5,8-11H2,1-2H3,(H2,18,19,20). The number of urea groups is 1. The molecule has 6 heteroatoms. The van der Waals surface area contributed by atoms with Crippen LogP contribution in [0.3, 0.4) is 0 Å². The zero-order chi connectivity index (χ0) is 16.0. The molecule has 0 atom stereocenters. The first-order valence-corrected chi connectivity index (χ1v) is 7.51. The Hall–Kier alpha value is -1.66. The summed E-state index contributed by atoms with van der Waals surface area (Å²) < 4.78 is 24.4. The summed E-state index contributed by atoms with van der Waals surface area (Å²) in [7, 11) is 0. The van der Waals surface area contributed by atoms with Crippen LogP contribution in [0.5, 0.6) is 0 Å². The third kappa shape index (κ3) is 4.68. The van der Waals surface area contributed by atoms with Crippen LogP contribution in [0.4, 0.5) is 14.9 Å². The van der Waals surface area contributed by atoms with Crippen LogP contribution in [0.2, 0.25) is 0 Å². The Bertz CT molecular complexity index is 502. The molecule has 1 aliphatic heterocycles. The van der Waals surface area contributed by atoms with Crippen LogP contribution in [-0.4, -0.2) is 32.1 Å². The molecule has 22 heavy (non-hydrogen) atoms. The van der Waals surface area contributed by atoms with Crippen molar-refractivity contribution in [2.75, 3.05) is 25.1 Å². The SMILES string of the molecule is CC(C)(CCCNC(=O)Nc1ccccc1F)C1OCCO1. The number of nitrogens with one attached hydrogen (secondary N) is 2. The van der Waals surface area contributed by atoms with E-state index in [1.165, 1.54) is 12.1 Å². The topological polar surface area (TPSA) is 59.6 Å². The highest BCUT2D eigenvalue weighted by Crippen LogP contribution is 2.31. The number of hydrogen-bond donors (Lipinski definition) is 2. The Kier molecular flexibility index (Phi) is 5.74. The van der Waals surface area contributed by atoms with Crippen molar-refractivity contribution < 1.29 is 18.7 Å². The first-order chi connectivity index (χ1) is 10.5. The van der Waals surface area contributed by atoms with Crippen LogP contribution < -0.4 is 10.6 Å². The summed E-state index contributed by atoms with van der Waals surface area (Å²) >= 11 is 0. The molecule has 1 aromatic carbocycles. The van der Waals surface area contributed by atoms with Crippen molar-refractivity contribution in [3.05, 3.63) is 30.1 Å². The molecular weight excluding hydrogens is 287 g/mol. The second-order valence-corrected chi connectivity index (χ2v) is 6.03. The van der Waals surface area contributed by atoms with Gasteiger partial charge in [-0.25, -0.2) is 9.18 Å². The Morgan fingerprint density at radius 1 is 1.32 bits per heavy atom. The van der Waals surface area contributed by atoms with Gasteiger partial charge in [0.15, 0.2) is 6.29 Å². The van der Waals surface area contributed by atoms with Gasteiger partial charge in [0.05, 0.1) is 18.9 Å². The van der Waals surface area contributed by atoms with Gasteiger partial charge in [0.25, 0.3) is 0 Å². The fraction of sp³-hybridized carbons (Fsp3) is 0.562. The van der Waals surface area contributed by atoms with Crippen molar-refractivity contribution in [2.24, 2.45) is 5.41 Å². The van der Waals surface area contributed by atoms with E-state index in [9.17, 15) is 9.18 Å². The number of anilines is 1. The van der Waals surface area contributed by atoms with Crippen molar-refractivity contribution in [3.63, 3.8) is 0 Å². The molecule has 1 saturated heterocycles. The Morgan fingerprint density at radius 3 is 2.68 bits per heavy atom. The molecule has 0 aromatic heterocycles. The van der Waals surface area contributed by atoms with E-state index >= 15 is 0 Å². The number of benzene rings is 1. The van der Waals surface area contributed by atoms with Crippen molar-refractivity contribution in [1.82, 2.24) is 5.32 Å². The molecule has 0 radical (unpaired) electrons. The van der Waals surface area contributed by atoms with Gasteiger partial charge in [0, 0.05) is 12.0 Å². The lowest BCUT2D eigenvalue weighted by Gasteiger charge is -2.29. The van der Waals surface area contributed by atoms with Gasteiger partial charge in [-0.05, 0) is 25.0 Å². The number of para-hydroxylation sites is 1. The average Bonchev–Trinajstić information content (AvgIpc) is 3.01. The number of carbonyl (C=O) groups is 1. The summed E-state index contributed by atoms with van der Waals surface area (Å²) in [4.78, 5) is 11.7. The summed E-state index contributed by atoms with van der Waals surface area (Å²) in [6.07, 6.45) is 1.47. The molecule has 1 heterocycles. The maximum atomic E-state index is 13.4. The minimum atomic E-state index is -0.450. The largest absolute Gasteiger partial charge is 0.350 e. The van der Waals surface area contributed by atoms with E-state index < -0.39 is 11.8 Å². The van der Waals surface area contributed by atoms with E-state index in [4.69, 9.17) is 9.47 Å². The maximum Gasteiger partial charge on any atom is 0.319 e. The van der Waals surface area contributed by atoms with E-state index in [2.05, 4.69) is 24.5 Å². The predicted molar refractivity (Wildman–Crippen MR) is 82.1 cm³/mol. The molecule has 1 aliphatic rings. The van der Waals surface area contributed by atoms with E-state index in [0.717, 1.165) is 12.8 Å². The summed E-state index contributed by atoms with van der Waals surface area (Å²) in [5.41, 5.74) is 0.0771. The van der Waals surface area contributed by atoms with Crippen LogP contribution in [0.25, 0.3) is 0 Å². The molecule has 0 bridgehead atoms. The lowest BCUT2D eigenvalue weighted by Crippen LogP contribution is -2.33. The van der Waals surface area contributed by atoms with Crippen LogP contribution in [0.1, 0.15) is 26.7 Å². The van der Waals surface area contributed by atoms with Crippen LogP contribution in [-0.2, 0) is 9.47 Å². The molecule has 0 aliphatic carbocycles. The molecule has 122 valence electrons. The van der Waals surface area contributed by atoms with Gasteiger partial charge in [0.1, 0.15) is 5.82 Å². The first kappa shape index (κ1) is 16.7. The quantitative estimate of drug-likeness (QED) is 0.794. The number of rotatable bonds is 6. The summed E-state index contributed by atoms with van der Waals surface area (Å²) in [5.74, 6) is -0.450. The van der Waals surface area contributed by atoms with Gasteiger partial charge < -0.3 is 20.1 Å². The molecule has 0 spiro atoms. The smallest absolute Gasteiger partial charge is 0.319 e. The van der Waals surface area contributed by atoms with Gasteiger partial charge in [0.2, 0.25) is 0 Å². The lowest BCUT2D eigenvalue weighted by atomic mass is 9.87. The lowest BCUT2D eigenvalue weighted by molar-refractivity contribution is -0.122. The number of hydrogen-bond acceptors (Lipinski definition) is 3. The second-order valence-electron chi connectivity index (χ2n) is 6.03. The van der Waals surface area contributed by atoms with Crippen LogP contribution in [0, 0.1) is 11.2 Å². The van der Waals surface area contributed by atoms with Crippen molar-refractivity contribution in [2.45, 2.75) is 33.0 Å². The van der Waals surface area contributed by atoms with Crippen molar-refractivity contribution in [3.8, 4) is 0 Å². The molecule has 2 rings (SSSR count). The molecular formula is C16H23FN2O3. The Labute approximate surface area is 130 Å². The highest BCUT2D eigenvalue weighted by Gasteiger charge is 2.33. The summed E-state index contributed by atoms with van der Waals surface area (Å²) in [6, 6.07) is 5.67. The van der Waals surface area contributed by atoms with E-state index in [-0.39, 0.29) is 17.4 Å². The third-order valence-electron chi connectivity index (χ3n) is 3.67. The zero-order valence-corrected chi connectivity index (χ0v) is 13.0. The molecule has 2 N–H and O–H groups in total. The van der Waals surface area contributed by atoms with E-state index in [0.29, 0.717) is 19.8 Å². The second kappa shape index (κ2) is 7.56. The number of amides is 2. The average molecular weight is 310 g/mol. The fourth-order valence-corrected chi connectivity index (χ4v) is 2.40. The molecule has 0 saturated carbocycles. The van der Waals surface area contributed by atoms with Gasteiger partial charge in [-0.15, -0.1) is 0 Å². The van der Waals surface area contributed by atoms with Gasteiger partial charge in [-0.2, -0.15) is 0 Å². The molecule has 5 nitrogen and oxygen atoms in total. The number of carbonyl (C=O) groups excluding carboxylic acids is 1. The summed E-state index contributed by atoms with van der Waals surface area (Å²) in [6.45, 7) is 5.95. The molecule has 1 aromatic rings. The highest BCUT2D eigenvalue weighted by atomic mass is 19.1. The third-order valence-corrected chi connectivity index (χ3v) is 3.67. The normalized spacial score (nSPS) is 15.8. The number of halogens is 1. The van der Waals surface area contributed by atoms with E-state index in [1.807, 2.05) is 0 Å². The minimum Gasteiger partial charge on any atom is -0.350 e. The van der Waals surface area contributed by atoms with Crippen molar-refractivity contribution >= 4 is 11.7 Å². The zero-order valence-electron chi connectivity index (χ0n) is 13.0. The molecule has 0 unspecified atom stereocenters. The number of ether oxygens (including phenoxy) is 2. The maximum absolute atomic E-state index is 13.4. The van der Waals surface area contributed by atoms with Crippen molar-refractivity contribution in [1.29, 1.82) is 0 Å².